The lowest BCUT2D eigenvalue weighted by Crippen LogP contribution is -1.86. The molecule has 0 radical (unpaired) electrons. The van der Waals surface area contributed by atoms with Gasteiger partial charge in [0, 0.05) is 86.4 Å². The predicted octanol–water partition coefficient (Wildman–Crippen LogP) is 19.4. The van der Waals surface area contributed by atoms with Gasteiger partial charge in [0.05, 0.1) is 0 Å². The summed E-state index contributed by atoms with van der Waals surface area (Å²) >= 11 is 0. The Bertz CT molecular complexity index is 2890. The zero-order valence-electron chi connectivity index (χ0n) is 46.7. The molecule has 5 heteroatoms. The maximum absolute atomic E-state index is 4.40. The molecule has 0 fully saturated rings. The highest BCUT2D eigenvalue weighted by Crippen LogP contribution is 2.21. The van der Waals surface area contributed by atoms with Gasteiger partial charge in [-0.2, -0.15) is 0 Å². The first-order valence-corrected chi connectivity index (χ1v) is 25.5. The third-order valence-electron chi connectivity index (χ3n) is 10.6. The van der Waals surface area contributed by atoms with Gasteiger partial charge in [0.15, 0.2) is 0 Å². The zero-order valence-corrected chi connectivity index (χ0v) is 46.7. The van der Waals surface area contributed by atoms with Gasteiger partial charge in [-0.05, 0) is 138 Å². The van der Waals surface area contributed by atoms with Crippen molar-refractivity contribution in [2.75, 3.05) is 0 Å². The third kappa shape index (κ3) is 18.6. The van der Waals surface area contributed by atoms with Crippen molar-refractivity contribution in [1.29, 1.82) is 0 Å². The van der Waals surface area contributed by atoms with E-state index in [2.05, 4.69) is 176 Å². The Kier molecular flexibility index (Phi) is 29.4. The lowest BCUT2D eigenvalue weighted by Gasteiger charge is -2.02. The number of nitrogens with zero attached hydrogens (tertiary/aromatic N) is 5. The summed E-state index contributed by atoms with van der Waals surface area (Å²) in [6.07, 6.45) is 9.39. The smallest absolute Gasteiger partial charge is 0.0454 e. The molecular weight excluding hydrogens is 851 g/mol. The van der Waals surface area contributed by atoms with E-state index in [9.17, 15) is 0 Å². The van der Waals surface area contributed by atoms with E-state index in [0.29, 0.717) is 0 Å². The Morgan fingerprint density at radius 3 is 1.39 bits per heavy atom. The minimum Gasteiger partial charge on any atom is -0.264 e. The summed E-state index contributed by atoms with van der Waals surface area (Å²) in [5.74, 6) is 0. The van der Waals surface area contributed by atoms with Gasteiger partial charge in [-0.3, -0.25) is 24.9 Å². The van der Waals surface area contributed by atoms with E-state index >= 15 is 0 Å². The minimum atomic E-state index is 1.09. The van der Waals surface area contributed by atoms with Gasteiger partial charge >= 0.3 is 0 Å². The van der Waals surface area contributed by atoms with Crippen molar-refractivity contribution in [2.45, 2.75) is 138 Å². The molecule has 0 aliphatic heterocycles. The van der Waals surface area contributed by atoms with Crippen LogP contribution in [0, 0.1) is 69.2 Å². The van der Waals surface area contributed by atoms with E-state index in [0.717, 1.165) is 28.5 Å². The van der Waals surface area contributed by atoms with E-state index in [-0.39, 0.29) is 0 Å². The maximum Gasteiger partial charge on any atom is 0.0454 e. The maximum atomic E-state index is 4.40. The fraction of sp³-hybridized carbons (Fsp3) is 0.308. The molecule has 70 heavy (non-hydrogen) atoms. The number of aryl methyl sites for hydroxylation is 10. The largest absolute Gasteiger partial charge is 0.264 e. The number of pyridine rings is 5. The monoisotopic (exact) mass is 936 g/mol. The Morgan fingerprint density at radius 2 is 0.757 bits per heavy atom. The van der Waals surface area contributed by atoms with Gasteiger partial charge in [-0.1, -0.05) is 177 Å². The highest BCUT2D eigenvalue weighted by Gasteiger charge is 2.01. The molecule has 370 valence electrons. The summed E-state index contributed by atoms with van der Waals surface area (Å²) < 4.78 is 0. The lowest BCUT2D eigenvalue weighted by molar-refractivity contribution is 1.15. The van der Waals surface area contributed by atoms with E-state index in [4.69, 9.17) is 0 Å². The number of aromatic nitrogens is 5. The van der Waals surface area contributed by atoms with Crippen molar-refractivity contribution in [3.63, 3.8) is 0 Å². The summed E-state index contributed by atoms with van der Waals surface area (Å²) in [5.41, 5.74) is 12.0. The van der Waals surface area contributed by atoms with Crippen molar-refractivity contribution in [2.24, 2.45) is 0 Å². The highest BCUT2D eigenvalue weighted by molar-refractivity contribution is 5.88. The van der Waals surface area contributed by atoms with Crippen LogP contribution in [0.1, 0.15) is 126 Å². The molecular formula is C65H85N5. The van der Waals surface area contributed by atoms with Crippen LogP contribution in [0.25, 0.3) is 53.9 Å². The SMILES string of the molecule is CC.CC.CC.CC.CC.Cc1cc2ccccc2c(C)n1.Cc1ccc2c(C)nccc2c1.Cc1ccc2ccnc(C)c2c1.Cc1ccc2cncc(C)c2c1.Cc1cccc2c(C)nccc12. The van der Waals surface area contributed by atoms with Crippen LogP contribution in [0.4, 0.5) is 0 Å². The minimum absolute atomic E-state index is 1.09. The van der Waals surface area contributed by atoms with E-state index in [1.165, 1.54) is 81.7 Å². The Balaban J connectivity index is 0.000000418. The van der Waals surface area contributed by atoms with E-state index in [1.807, 2.05) is 140 Å². The Morgan fingerprint density at radius 1 is 0.286 bits per heavy atom. The lowest BCUT2D eigenvalue weighted by atomic mass is 10.1. The van der Waals surface area contributed by atoms with Crippen molar-refractivity contribution in [3.8, 4) is 0 Å². The molecule has 0 N–H and O–H groups in total. The first kappa shape index (κ1) is 61.2. The van der Waals surface area contributed by atoms with Gasteiger partial charge < -0.3 is 0 Å². The van der Waals surface area contributed by atoms with Gasteiger partial charge in [-0.15, -0.1) is 0 Å². The van der Waals surface area contributed by atoms with Crippen LogP contribution in [0.2, 0.25) is 0 Å². The fourth-order valence-electron chi connectivity index (χ4n) is 7.34. The molecule has 5 heterocycles. The molecule has 5 nitrogen and oxygen atoms in total. The summed E-state index contributed by atoms with van der Waals surface area (Å²) in [6, 6.07) is 42.2. The van der Waals surface area contributed by atoms with Crippen molar-refractivity contribution in [1.82, 2.24) is 24.9 Å². The molecule has 0 spiro atoms. The van der Waals surface area contributed by atoms with Crippen LogP contribution in [0.3, 0.4) is 0 Å². The molecule has 0 bridgehead atoms. The van der Waals surface area contributed by atoms with Crippen molar-refractivity contribution < 1.29 is 0 Å². The number of hydrogen-bond donors (Lipinski definition) is 0. The van der Waals surface area contributed by atoms with Gasteiger partial charge in [0.1, 0.15) is 0 Å². The summed E-state index contributed by atoms with van der Waals surface area (Å²) in [7, 11) is 0. The van der Waals surface area contributed by atoms with Gasteiger partial charge in [0.2, 0.25) is 0 Å². The van der Waals surface area contributed by atoms with Crippen LogP contribution < -0.4 is 0 Å². The molecule has 0 saturated carbocycles. The molecule has 0 amide bonds. The average Bonchev–Trinajstić information content (AvgIpc) is 3.39. The molecule has 5 aromatic carbocycles. The highest BCUT2D eigenvalue weighted by atomic mass is 14.7. The first-order chi connectivity index (χ1) is 33.9. The first-order valence-electron chi connectivity index (χ1n) is 25.5. The molecule has 0 aliphatic carbocycles. The number of hydrogen-bond acceptors (Lipinski definition) is 5. The van der Waals surface area contributed by atoms with Crippen LogP contribution in [0.5, 0.6) is 0 Å². The number of fused-ring (bicyclic) bond motifs is 5. The van der Waals surface area contributed by atoms with E-state index in [1.54, 1.807) is 0 Å². The molecule has 5 aromatic heterocycles. The number of benzene rings is 5. The third-order valence-corrected chi connectivity index (χ3v) is 10.6. The molecule has 0 atom stereocenters. The molecule has 10 rings (SSSR count). The second kappa shape index (κ2) is 33.6. The molecule has 0 unspecified atom stereocenters. The topological polar surface area (TPSA) is 64.5 Å². The number of rotatable bonds is 0. The fourth-order valence-corrected chi connectivity index (χ4v) is 7.34. The van der Waals surface area contributed by atoms with Crippen LogP contribution in [-0.4, -0.2) is 24.9 Å². The second-order valence-corrected chi connectivity index (χ2v) is 15.6. The zero-order chi connectivity index (χ0) is 52.8. The van der Waals surface area contributed by atoms with Crippen LogP contribution >= 0.6 is 0 Å². The normalized spacial score (nSPS) is 9.43. The quantitative estimate of drug-likeness (QED) is 0.152. The molecule has 10 aromatic rings. The summed E-state index contributed by atoms with van der Waals surface area (Å²) in [6.45, 7) is 40.7. The summed E-state index contributed by atoms with van der Waals surface area (Å²) in [4.78, 5) is 21.3. The second-order valence-electron chi connectivity index (χ2n) is 15.6. The Labute approximate surface area is 424 Å². The van der Waals surface area contributed by atoms with Crippen molar-refractivity contribution in [3.05, 3.63) is 209 Å². The average molecular weight is 936 g/mol. The Hall–Kier alpha value is -6.85. The molecule has 0 saturated heterocycles. The van der Waals surface area contributed by atoms with Crippen LogP contribution in [0.15, 0.2) is 152 Å². The predicted molar refractivity (Wildman–Crippen MR) is 313 cm³/mol. The summed E-state index contributed by atoms with van der Waals surface area (Å²) in [5, 5.41) is 12.7. The van der Waals surface area contributed by atoms with E-state index < -0.39 is 0 Å². The van der Waals surface area contributed by atoms with Crippen LogP contribution in [-0.2, 0) is 0 Å². The van der Waals surface area contributed by atoms with Crippen molar-refractivity contribution >= 4 is 53.9 Å². The van der Waals surface area contributed by atoms with Gasteiger partial charge in [-0.25, -0.2) is 0 Å². The standard InChI is InChI=1S/5C11H11N.5C2H6/c1-8-3-4-10-7-12-6-9(2)11(10)5-8;1-8-3-4-11-9(2)12-6-5-10(11)7-8;1-8-3-4-10-5-6-12-9(2)11(10)7-8;1-8-4-3-5-11-9(2)12-7-6-10(8)11;1-8-7-10-5-3-4-6-11(10)9(2)12-8;5*1-2/h5*3-7H,1-2H3;5*1-2H3. The molecule has 0 aliphatic rings. The van der Waals surface area contributed by atoms with Gasteiger partial charge in [0.25, 0.3) is 0 Å².